The lowest BCUT2D eigenvalue weighted by molar-refractivity contribution is 0.0523. The van der Waals surface area contributed by atoms with Gasteiger partial charge in [0.1, 0.15) is 11.3 Å². The zero-order valence-corrected chi connectivity index (χ0v) is 11.4. The molecule has 0 aliphatic carbocycles. The van der Waals surface area contributed by atoms with E-state index in [4.69, 9.17) is 4.74 Å². The molecule has 0 aliphatic rings. The second-order valence-electron chi connectivity index (χ2n) is 5.05. The molecular weight excluding hydrogens is 234 g/mol. The van der Waals surface area contributed by atoms with Gasteiger partial charge in [-0.05, 0) is 20.8 Å². The van der Waals surface area contributed by atoms with Crippen LogP contribution in [0.1, 0.15) is 43.7 Å². The minimum Gasteiger partial charge on any atom is -0.444 e. The van der Waals surface area contributed by atoms with E-state index in [-0.39, 0.29) is 12.3 Å². The quantitative estimate of drug-likeness (QED) is 0.831. The zero-order valence-electron chi connectivity index (χ0n) is 11.4. The van der Waals surface area contributed by atoms with E-state index in [9.17, 15) is 9.59 Å². The number of carbonyl (C=O) groups is 2. The fourth-order valence-corrected chi connectivity index (χ4v) is 1.55. The molecule has 0 radical (unpaired) electrons. The van der Waals surface area contributed by atoms with E-state index >= 15 is 0 Å². The lowest BCUT2D eigenvalue weighted by atomic mass is 10.2. The van der Waals surface area contributed by atoms with Gasteiger partial charge in [0, 0.05) is 26.1 Å². The number of aromatic nitrogens is 2. The highest BCUT2D eigenvalue weighted by molar-refractivity contribution is 5.93. The number of amides is 1. The van der Waals surface area contributed by atoms with Gasteiger partial charge >= 0.3 is 6.09 Å². The van der Waals surface area contributed by atoms with Gasteiger partial charge in [0.2, 0.25) is 0 Å². The van der Waals surface area contributed by atoms with E-state index in [1.165, 1.54) is 11.6 Å². The predicted molar refractivity (Wildman–Crippen MR) is 66.3 cm³/mol. The molecule has 0 unspecified atom stereocenters. The van der Waals surface area contributed by atoms with Crippen molar-refractivity contribution in [1.29, 1.82) is 0 Å². The number of carbonyl (C=O) groups excluding carboxylic acids is 2. The maximum atomic E-state index is 11.5. The highest BCUT2D eigenvalue weighted by atomic mass is 16.6. The summed E-state index contributed by atoms with van der Waals surface area (Å²) >= 11 is 0. The van der Waals surface area contributed by atoms with E-state index in [2.05, 4.69) is 10.4 Å². The summed E-state index contributed by atoms with van der Waals surface area (Å²) in [6.07, 6.45) is 1.05. The van der Waals surface area contributed by atoms with Gasteiger partial charge in [-0.15, -0.1) is 0 Å². The van der Waals surface area contributed by atoms with Crippen LogP contribution in [0, 0.1) is 0 Å². The van der Waals surface area contributed by atoms with Crippen LogP contribution in [0.2, 0.25) is 0 Å². The Morgan fingerprint density at radius 2 is 2.06 bits per heavy atom. The molecule has 0 aliphatic heterocycles. The minimum atomic E-state index is -0.539. The Bertz CT molecular complexity index is 458. The van der Waals surface area contributed by atoms with Gasteiger partial charge in [0.25, 0.3) is 0 Å². The average Bonchev–Trinajstić information content (AvgIpc) is 2.54. The monoisotopic (exact) mass is 253 g/mol. The summed E-state index contributed by atoms with van der Waals surface area (Å²) in [6.45, 7) is 7.05. The number of hydrogen-bond acceptors (Lipinski definition) is 4. The van der Waals surface area contributed by atoms with Crippen LogP contribution in [0.3, 0.4) is 0 Å². The summed E-state index contributed by atoms with van der Waals surface area (Å²) in [6, 6.07) is 0. The van der Waals surface area contributed by atoms with Crippen LogP contribution in [-0.2, 0) is 18.3 Å². The molecule has 0 bridgehead atoms. The zero-order chi connectivity index (χ0) is 13.9. The molecule has 1 N–H and O–H groups in total. The Morgan fingerprint density at radius 1 is 1.44 bits per heavy atom. The van der Waals surface area contributed by atoms with Crippen molar-refractivity contribution in [3.63, 3.8) is 0 Å². The van der Waals surface area contributed by atoms with Crippen LogP contribution in [0.25, 0.3) is 0 Å². The summed E-state index contributed by atoms with van der Waals surface area (Å²) in [5.41, 5.74) is 0.629. The Labute approximate surface area is 106 Å². The average molecular weight is 253 g/mol. The number of alkyl carbamates (subject to hydrolysis) is 1. The highest BCUT2D eigenvalue weighted by Crippen LogP contribution is 2.10. The number of ether oxygens (including phenoxy) is 1. The number of rotatable bonds is 3. The summed E-state index contributed by atoms with van der Waals surface area (Å²) in [7, 11) is 1.69. The van der Waals surface area contributed by atoms with Crippen molar-refractivity contribution in [3.8, 4) is 0 Å². The molecule has 0 atom stereocenters. The van der Waals surface area contributed by atoms with Crippen LogP contribution in [0.15, 0.2) is 6.20 Å². The third kappa shape index (κ3) is 3.87. The van der Waals surface area contributed by atoms with Crippen LogP contribution < -0.4 is 5.32 Å². The number of ketones is 1. The molecule has 0 fully saturated rings. The molecule has 6 nitrogen and oxygen atoms in total. The Kier molecular flexibility index (Phi) is 4.11. The van der Waals surface area contributed by atoms with Gasteiger partial charge in [-0.2, -0.15) is 5.10 Å². The number of aryl methyl sites for hydroxylation is 1. The number of nitrogens with one attached hydrogen (secondary N) is 1. The SMILES string of the molecule is CC(=O)c1c(CNC(=O)OC(C)(C)C)cnn1C. The van der Waals surface area contributed by atoms with E-state index in [0.717, 1.165) is 0 Å². The molecule has 0 saturated carbocycles. The highest BCUT2D eigenvalue weighted by Gasteiger charge is 2.17. The summed E-state index contributed by atoms with van der Waals surface area (Å²) in [5, 5.41) is 6.59. The first kappa shape index (κ1) is 14.2. The van der Waals surface area contributed by atoms with E-state index in [0.29, 0.717) is 11.3 Å². The van der Waals surface area contributed by atoms with Gasteiger partial charge in [0.15, 0.2) is 5.78 Å². The van der Waals surface area contributed by atoms with Crippen molar-refractivity contribution in [1.82, 2.24) is 15.1 Å². The van der Waals surface area contributed by atoms with Gasteiger partial charge in [-0.1, -0.05) is 0 Å². The molecule has 0 aromatic carbocycles. The second kappa shape index (κ2) is 5.20. The summed E-state index contributed by atoms with van der Waals surface area (Å²) in [4.78, 5) is 22.9. The van der Waals surface area contributed by atoms with Crippen LogP contribution in [0.5, 0.6) is 0 Å². The maximum Gasteiger partial charge on any atom is 0.407 e. The van der Waals surface area contributed by atoms with Gasteiger partial charge < -0.3 is 10.1 Å². The molecule has 1 aromatic heterocycles. The number of hydrogen-bond donors (Lipinski definition) is 1. The van der Waals surface area contributed by atoms with Crippen LogP contribution in [-0.4, -0.2) is 27.3 Å². The van der Waals surface area contributed by atoms with E-state index in [1.54, 1.807) is 34.0 Å². The van der Waals surface area contributed by atoms with Gasteiger partial charge in [0.05, 0.1) is 6.20 Å². The Balaban J connectivity index is 2.65. The Hall–Kier alpha value is -1.85. The Morgan fingerprint density at radius 3 is 2.56 bits per heavy atom. The van der Waals surface area contributed by atoms with Crippen molar-refractivity contribution in [2.24, 2.45) is 7.05 Å². The molecule has 18 heavy (non-hydrogen) atoms. The minimum absolute atomic E-state index is 0.0870. The number of Topliss-reactive ketones (excluding diaryl/α,β-unsaturated/α-hetero) is 1. The third-order valence-corrected chi connectivity index (χ3v) is 2.17. The fraction of sp³-hybridized carbons (Fsp3) is 0.583. The summed E-state index contributed by atoms with van der Waals surface area (Å²) < 4.78 is 6.60. The molecule has 6 heteroatoms. The van der Waals surface area contributed by atoms with Crippen molar-refractivity contribution >= 4 is 11.9 Å². The molecule has 1 heterocycles. The largest absolute Gasteiger partial charge is 0.444 e. The predicted octanol–water partition coefficient (Wildman–Crippen LogP) is 1.65. The van der Waals surface area contributed by atoms with Crippen molar-refractivity contribution in [2.75, 3.05) is 0 Å². The molecule has 1 aromatic rings. The summed E-state index contributed by atoms with van der Waals surface area (Å²) in [5.74, 6) is -0.0870. The topological polar surface area (TPSA) is 73.2 Å². The fourth-order valence-electron chi connectivity index (χ4n) is 1.55. The van der Waals surface area contributed by atoms with E-state index in [1.807, 2.05) is 0 Å². The standard InChI is InChI=1S/C12H19N3O3/c1-8(16)10-9(7-14-15(10)5)6-13-11(17)18-12(2,3)4/h7H,6H2,1-5H3,(H,13,17). The lowest BCUT2D eigenvalue weighted by Crippen LogP contribution is -2.32. The molecule has 0 saturated heterocycles. The third-order valence-electron chi connectivity index (χ3n) is 2.17. The van der Waals surface area contributed by atoms with E-state index < -0.39 is 11.7 Å². The number of nitrogens with zero attached hydrogens (tertiary/aromatic N) is 2. The lowest BCUT2D eigenvalue weighted by Gasteiger charge is -2.19. The van der Waals surface area contributed by atoms with Crippen molar-refractivity contribution in [3.05, 3.63) is 17.5 Å². The first-order chi connectivity index (χ1) is 8.20. The maximum absolute atomic E-state index is 11.5. The first-order valence-corrected chi connectivity index (χ1v) is 5.69. The first-order valence-electron chi connectivity index (χ1n) is 5.69. The van der Waals surface area contributed by atoms with Crippen LogP contribution >= 0.6 is 0 Å². The van der Waals surface area contributed by atoms with Gasteiger partial charge in [-0.3, -0.25) is 9.48 Å². The van der Waals surface area contributed by atoms with Crippen molar-refractivity contribution < 1.29 is 14.3 Å². The second-order valence-corrected chi connectivity index (χ2v) is 5.05. The molecule has 0 spiro atoms. The smallest absolute Gasteiger partial charge is 0.407 e. The van der Waals surface area contributed by atoms with Gasteiger partial charge in [-0.25, -0.2) is 4.79 Å². The van der Waals surface area contributed by atoms with Crippen molar-refractivity contribution in [2.45, 2.75) is 39.8 Å². The normalized spacial score (nSPS) is 11.2. The molecule has 100 valence electrons. The van der Waals surface area contributed by atoms with Crippen LogP contribution in [0.4, 0.5) is 4.79 Å². The molecular formula is C12H19N3O3. The molecule has 1 amide bonds. The molecule has 1 rings (SSSR count).